The molecular weight excluding hydrogens is 485 g/mol. The van der Waals surface area contributed by atoms with E-state index in [9.17, 15) is 21.6 Å². The number of nitrogens with zero attached hydrogens (tertiary/aromatic N) is 3. The summed E-state index contributed by atoms with van der Waals surface area (Å²) < 4.78 is 67.9. The van der Waals surface area contributed by atoms with Gasteiger partial charge in [-0.2, -0.15) is 22.6 Å². The number of hydrogen-bond acceptors (Lipinski definition) is 4. The molecule has 30 heavy (non-hydrogen) atoms. The van der Waals surface area contributed by atoms with Gasteiger partial charge in [-0.1, -0.05) is 28.1 Å². The maximum atomic E-state index is 13.6. The number of pyridine rings is 1. The number of hydrogen-bond donors (Lipinski definition) is 1. The number of halogens is 4. The monoisotopic (exact) mass is 498 g/mol. The van der Waals surface area contributed by atoms with Gasteiger partial charge in [0.25, 0.3) is 0 Å². The molecule has 0 saturated carbocycles. The summed E-state index contributed by atoms with van der Waals surface area (Å²) in [7, 11) is -4.12. The van der Waals surface area contributed by atoms with Crippen LogP contribution in [0.15, 0.2) is 52.1 Å². The highest BCUT2D eigenvalue weighted by Crippen LogP contribution is 2.51. The number of fused-ring (bicyclic) bond motifs is 6. The third-order valence-electron chi connectivity index (χ3n) is 5.61. The number of sulfonamides is 1. The molecule has 0 spiro atoms. The van der Waals surface area contributed by atoms with Crippen molar-refractivity contribution in [2.45, 2.75) is 36.0 Å². The lowest BCUT2D eigenvalue weighted by Gasteiger charge is -2.45. The first-order chi connectivity index (χ1) is 14.2. The third kappa shape index (κ3) is 2.90. The minimum atomic E-state index is -4.64. The number of benzene rings is 1. The van der Waals surface area contributed by atoms with Crippen LogP contribution in [0.1, 0.15) is 40.2 Å². The van der Waals surface area contributed by atoms with Crippen LogP contribution in [0, 0.1) is 0 Å². The molecule has 1 aromatic carbocycles. The zero-order valence-electron chi connectivity index (χ0n) is 15.2. The average Bonchev–Trinajstić information content (AvgIpc) is 3.15. The van der Waals surface area contributed by atoms with E-state index in [1.54, 1.807) is 6.20 Å². The molecule has 2 atom stereocenters. The second kappa shape index (κ2) is 6.63. The van der Waals surface area contributed by atoms with Crippen LogP contribution in [-0.4, -0.2) is 27.9 Å². The minimum Gasteiger partial charge on any atom is -0.282 e. The number of aromatic amines is 1. The van der Waals surface area contributed by atoms with Crippen LogP contribution in [0.5, 0.6) is 0 Å². The SMILES string of the molecule is O=S(=O)(c1ccc(C(F)(F)F)nc1)N1C2Cc3cccc(Br)c3C1Cc1[nH]ncc12. The quantitative estimate of drug-likeness (QED) is 0.574. The Labute approximate surface area is 178 Å². The molecule has 2 bridgehead atoms. The maximum absolute atomic E-state index is 13.6. The number of H-pyrrole nitrogens is 1. The maximum Gasteiger partial charge on any atom is 0.433 e. The van der Waals surface area contributed by atoms with Crippen LogP contribution < -0.4 is 0 Å². The molecule has 6 nitrogen and oxygen atoms in total. The van der Waals surface area contributed by atoms with Gasteiger partial charge < -0.3 is 0 Å². The van der Waals surface area contributed by atoms with E-state index in [-0.39, 0.29) is 4.90 Å². The molecule has 2 aliphatic heterocycles. The molecule has 0 saturated heterocycles. The summed E-state index contributed by atoms with van der Waals surface area (Å²) in [5.74, 6) is 0. The lowest BCUT2D eigenvalue weighted by Crippen LogP contribution is -2.46. The normalized spacial score (nSPS) is 21.2. The van der Waals surface area contributed by atoms with Crippen LogP contribution in [0.25, 0.3) is 0 Å². The average molecular weight is 499 g/mol. The molecular formula is C19H14BrF3N4O2S. The van der Waals surface area contributed by atoms with E-state index in [1.165, 1.54) is 4.31 Å². The molecule has 11 heteroatoms. The molecule has 1 N–H and O–H groups in total. The van der Waals surface area contributed by atoms with E-state index >= 15 is 0 Å². The highest BCUT2D eigenvalue weighted by molar-refractivity contribution is 9.10. The predicted octanol–water partition coefficient (Wildman–Crippen LogP) is 4.17. The summed E-state index contributed by atoms with van der Waals surface area (Å²) in [4.78, 5) is 3.07. The first kappa shape index (κ1) is 19.7. The largest absolute Gasteiger partial charge is 0.433 e. The van der Waals surface area contributed by atoms with Gasteiger partial charge in [-0.3, -0.25) is 10.1 Å². The molecule has 0 amide bonds. The van der Waals surface area contributed by atoms with Crippen LogP contribution in [0.2, 0.25) is 0 Å². The van der Waals surface area contributed by atoms with E-state index in [1.807, 2.05) is 18.2 Å². The Morgan fingerprint density at radius 1 is 1.10 bits per heavy atom. The van der Waals surface area contributed by atoms with E-state index < -0.39 is 34.0 Å². The summed E-state index contributed by atoms with van der Waals surface area (Å²) in [5, 5.41) is 7.03. The van der Waals surface area contributed by atoms with Crippen LogP contribution >= 0.6 is 15.9 Å². The lowest BCUT2D eigenvalue weighted by atomic mass is 9.81. The van der Waals surface area contributed by atoms with Gasteiger partial charge in [-0.25, -0.2) is 8.42 Å². The topological polar surface area (TPSA) is 79.0 Å². The molecule has 2 aromatic heterocycles. The number of aromatic nitrogens is 3. The number of alkyl halides is 3. The Balaban J connectivity index is 1.65. The molecule has 5 rings (SSSR count). The Morgan fingerprint density at radius 2 is 1.90 bits per heavy atom. The van der Waals surface area contributed by atoms with Crippen molar-refractivity contribution in [1.29, 1.82) is 0 Å². The zero-order chi connectivity index (χ0) is 21.3. The summed E-state index contributed by atoms with van der Waals surface area (Å²) in [5.41, 5.74) is 2.40. The molecule has 3 aromatic rings. The van der Waals surface area contributed by atoms with Crippen LogP contribution in [0.3, 0.4) is 0 Å². The zero-order valence-corrected chi connectivity index (χ0v) is 17.6. The van der Waals surface area contributed by atoms with Crippen molar-refractivity contribution < 1.29 is 21.6 Å². The van der Waals surface area contributed by atoms with Gasteiger partial charge in [0.15, 0.2) is 0 Å². The van der Waals surface area contributed by atoms with Gasteiger partial charge in [-0.05, 0) is 35.7 Å². The minimum absolute atomic E-state index is 0.270. The number of rotatable bonds is 2. The predicted molar refractivity (Wildman–Crippen MR) is 104 cm³/mol. The summed E-state index contributed by atoms with van der Waals surface area (Å²) >= 11 is 3.54. The fourth-order valence-corrected chi connectivity index (χ4v) is 6.72. The second-order valence-electron chi connectivity index (χ2n) is 7.27. The smallest absolute Gasteiger partial charge is 0.282 e. The third-order valence-corrected chi connectivity index (χ3v) is 8.21. The lowest BCUT2D eigenvalue weighted by molar-refractivity contribution is -0.141. The Bertz CT molecular complexity index is 1240. The molecule has 0 radical (unpaired) electrons. The summed E-state index contributed by atoms with van der Waals surface area (Å²) in [6, 6.07) is 6.35. The van der Waals surface area contributed by atoms with Gasteiger partial charge in [0.2, 0.25) is 10.0 Å². The Kier molecular flexibility index (Phi) is 4.35. The van der Waals surface area contributed by atoms with Crippen molar-refractivity contribution in [3.05, 3.63) is 75.3 Å². The van der Waals surface area contributed by atoms with Crippen molar-refractivity contribution in [1.82, 2.24) is 19.5 Å². The van der Waals surface area contributed by atoms with Gasteiger partial charge in [0.1, 0.15) is 10.6 Å². The molecule has 0 aliphatic carbocycles. The van der Waals surface area contributed by atoms with Gasteiger partial charge >= 0.3 is 6.18 Å². The standard InChI is InChI=1S/C19H14BrF3N4O2S/c20-13-3-1-2-10-6-15-12-9-25-26-14(12)7-16(18(10)13)27(15)30(28,29)11-4-5-17(24-8-11)19(21,22)23/h1-5,8-9,15-16H,6-7H2,(H,25,26). The summed E-state index contributed by atoms with van der Waals surface area (Å²) in [6.45, 7) is 0. The van der Waals surface area contributed by atoms with Gasteiger partial charge in [-0.15, -0.1) is 0 Å². The van der Waals surface area contributed by atoms with E-state index in [2.05, 4.69) is 31.1 Å². The van der Waals surface area contributed by atoms with Crippen molar-refractivity contribution in [3.8, 4) is 0 Å². The number of nitrogens with one attached hydrogen (secondary N) is 1. The van der Waals surface area contributed by atoms with Crippen molar-refractivity contribution in [2.24, 2.45) is 0 Å². The van der Waals surface area contributed by atoms with Crippen molar-refractivity contribution in [2.75, 3.05) is 0 Å². The molecule has 0 fully saturated rings. The first-order valence-corrected chi connectivity index (χ1v) is 11.3. The van der Waals surface area contributed by atoms with Gasteiger partial charge in [0, 0.05) is 28.3 Å². The van der Waals surface area contributed by atoms with Crippen molar-refractivity contribution in [3.63, 3.8) is 0 Å². The second-order valence-corrected chi connectivity index (χ2v) is 9.97. The highest BCUT2D eigenvalue weighted by Gasteiger charge is 2.48. The fraction of sp³-hybridized carbons (Fsp3) is 0.263. The van der Waals surface area contributed by atoms with Crippen molar-refractivity contribution >= 4 is 26.0 Å². The highest BCUT2D eigenvalue weighted by atomic mass is 79.9. The van der Waals surface area contributed by atoms with Gasteiger partial charge in [0.05, 0.1) is 18.3 Å². The summed E-state index contributed by atoms with van der Waals surface area (Å²) in [6.07, 6.45) is -1.42. The van der Waals surface area contributed by atoms with E-state index in [0.717, 1.165) is 39.1 Å². The van der Waals surface area contributed by atoms with Crippen LogP contribution in [-0.2, 0) is 29.0 Å². The van der Waals surface area contributed by atoms with E-state index in [4.69, 9.17) is 0 Å². The molecule has 156 valence electrons. The molecule has 4 heterocycles. The first-order valence-electron chi connectivity index (χ1n) is 9.04. The van der Waals surface area contributed by atoms with Crippen LogP contribution in [0.4, 0.5) is 13.2 Å². The van der Waals surface area contributed by atoms with E-state index in [0.29, 0.717) is 18.9 Å². The Morgan fingerprint density at radius 3 is 2.60 bits per heavy atom. The fourth-order valence-electron chi connectivity index (χ4n) is 4.34. The molecule has 2 aliphatic rings. The molecule has 2 unspecified atom stereocenters. The Hall–Kier alpha value is -2.24.